The number of hydrogen-bond acceptors (Lipinski definition) is 4. The van der Waals surface area contributed by atoms with Crippen LogP contribution in [0.15, 0.2) is 35.5 Å². The normalized spacial score (nSPS) is 16.9. The van der Waals surface area contributed by atoms with Crippen LogP contribution in [0.25, 0.3) is 0 Å². The number of rotatable bonds is 3. The largest absolute Gasteiger partial charge is 0.445 e. The van der Waals surface area contributed by atoms with Gasteiger partial charge in [-0.05, 0) is 5.56 Å². The molecule has 1 fully saturated rings. The van der Waals surface area contributed by atoms with Gasteiger partial charge in [-0.2, -0.15) is 0 Å². The molecular formula is C13H16N2O3. The molecule has 1 aromatic carbocycles. The van der Waals surface area contributed by atoms with Gasteiger partial charge < -0.3 is 14.5 Å². The minimum atomic E-state index is -0.305. The number of amides is 1. The second-order valence-corrected chi connectivity index (χ2v) is 4.05. The lowest BCUT2D eigenvalue weighted by Crippen LogP contribution is -2.29. The van der Waals surface area contributed by atoms with Gasteiger partial charge in [-0.25, -0.2) is 4.79 Å². The summed E-state index contributed by atoms with van der Waals surface area (Å²) in [6.45, 7) is 1.42. The van der Waals surface area contributed by atoms with Gasteiger partial charge >= 0.3 is 6.09 Å². The lowest BCUT2D eigenvalue weighted by molar-refractivity contribution is 0.105. The lowest BCUT2D eigenvalue weighted by Gasteiger charge is -2.14. The molecule has 18 heavy (non-hydrogen) atoms. The summed E-state index contributed by atoms with van der Waals surface area (Å²) >= 11 is 0. The molecule has 0 atom stereocenters. The first-order valence-corrected chi connectivity index (χ1v) is 5.84. The van der Waals surface area contributed by atoms with E-state index in [1.807, 2.05) is 30.3 Å². The van der Waals surface area contributed by atoms with Crippen LogP contribution < -0.4 is 0 Å². The van der Waals surface area contributed by atoms with E-state index in [1.54, 1.807) is 4.90 Å². The standard InChI is InChI=1S/C13H16N2O3/c1-17-14-12-7-8-15(9-12)13(16)18-10-11-5-3-2-4-6-11/h2-6H,7-10H2,1H3/b14-12-. The monoisotopic (exact) mass is 248 g/mol. The Balaban J connectivity index is 1.81. The summed E-state index contributed by atoms with van der Waals surface area (Å²) < 4.78 is 5.23. The molecule has 0 aliphatic carbocycles. The van der Waals surface area contributed by atoms with Crippen molar-refractivity contribution >= 4 is 11.8 Å². The fourth-order valence-electron chi connectivity index (χ4n) is 1.81. The summed E-state index contributed by atoms with van der Waals surface area (Å²) in [6.07, 6.45) is 0.439. The topological polar surface area (TPSA) is 51.1 Å². The van der Waals surface area contributed by atoms with Crippen molar-refractivity contribution in [2.24, 2.45) is 5.16 Å². The molecule has 1 amide bonds. The second-order valence-electron chi connectivity index (χ2n) is 4.05. The SMILES string of the molecule is CO/N=C1/CCN(C(=O)OCc2ccccc2)C1. The number of benzene rings is 1. The van der Waals surface area contributed by atoms with Crippen molar-refractivity contribution in [2.45, 2.75) is 13.0 Å². The molecule has 96 valence electrons. The van der Waals surface area contributed by atoms with Crippen LogP contribution in [-0.4, -0.2) is 36.9 Å². The molecule has 1 aliphatic rings. The number of hydrogen-bond donors (Lipinski definition) is 0. The highest BCUT2D eigenvalue weighted by Crippen LogP contribution is 2.09. The Labute approximate surface area is 106 Å². The summed E-state index contributed by atoms with van der Waals surface area (Å²) in [5, 5.41) is 3.84. The van der Waals surface area contributed by atoms with Gasteiger partial charge in [0.15, 0.2) is 0 Å². The average Bonchev–Trinajstić information content (AvgIpc) is 2.86. The van der Waals surface area contributed by atoms with Gasteiger partial charge in [0.2, 0.25) is 0 Å². The van der Waals surface area contributed by atoms with E-state index < -0.39 is 0 Å². The molecule has 0 spiro atoms. The van der Waals surface area contributed by atoms with Gasteiger partial charge in [0.05, 0.1) is 12.3 Å². The molecule has 0 radical (unpaired) electrons. The van der Waals surface area contributed by atoms with E-state index in [0.29, 0.717) is 19.7 Å². The van der Waals surface area contributed by atoms with E-state index >= 15 is 0 Å². The Bertz CT molecular complexity index is 431. The van der Waals surface area contributed by atoms with Crippen LogP contribution in [0.1, 0.15) is 12.0 Å². The Kier molecular flexibility index (Phi) is 4.17. The van der Waals surface area contributed by atoms with Crippen molar-refractivity contribution in [3.63, 3.8) is 0 Å². The molecule has 1 heterocycles. The van der Waals surface area contributed by atoms with Crippen LogP contribution in [-0.2, 0) is 16.2 Å². The third-order valence-corrected chi connectivity index (χ3v) is 2.73. The van der Waals surface area contributed by atoms with E-state index in [0.717, 1.165) is 17.7 Å². The molecule has 1 aromatic rings. The molecule has 5 heteroatoms. The molecule has 5 nitrogen and oxygen atoms in total. The number of carbonyl (C=O) groups is 1. The maximum absolute atomic E-state index is 11.8. The molecular weight excluding hydrogens is 232 g/mol. The zero-order valence-electron chi connectivity index (χ0n) is 10.3. The van der Waals surface area contributed by atoms with Crippen LogP contribution >= 0.6 is 0 Å². The number of ether oxygens (including phenoxy) is 1. The molecule has 1 aliphatic heterocycles. The van der Waals surface area contributed by atoms with Crippen LogP contribution in [0.4, 0.5) is 4.79 Å². The van der Waals surface area contributed by atoms with Crippen LogP contribution in [0.3, 0.4) is 0 Å². The van der Waals surface area contributed by atoms with Gasteiger partial charge in [-0.3, -0.25) is 0 Å². The van der Waals surface area contributed by atoms with Crippen molar-refractivity contribution in [1.82, 2.24) is 4.90 Å². The van der Waals surface area contributed by atoms with Gasteiger partial charge in [0.1, 0.15) is 13.7 Å². The van der Waals surface area contributed by atoms with E-state index in [4.69, 9.17) is 9.57 Å². The minimum absolute atomic E-state index is 0.299. The molecule has 0 bridgehead atoms. The summed E-state index contributed by atoms with van der Waals surface area (Å²) in [4.78, 5) is 18.1. The maximum Gasteiger partial charge on any atom is 0.410 e. The third-order valence-electron chi connectivity index (χ3n) is 2.73. The first-order valence-electron chi connectivity index (χ1n) is 5.84. The predicted octanol–water partition coefficient (Wildman–Crippen LogP) is 2.03. The molecule has 0 N–H and O–H groups in total. The highest BCUT2D eigenvalue weighted by molar-refractivity contribution is 5.91. The van der Waals surface area contributed by atoms with Crippen LogP contribution in [0.2, 0.25) is 0 Å². The predicted molar refractivity (Wildman–Crippen MR) is 67.3 cm³/mol. The lowest BCUT2D eigenvalue weighted by atomic mass is 10.2. The van der Waals surface area contributed by atoms with E-state index in [-0.39, 0.29) is 6.09 Å². The van der Waals surface area contributed by atoms with Gasteiger partial charge in [0.25, 0.3) is 0 Å². The van der Waals surface area contributed by atoms with Crippen LogP contribution in [0.5, 0.6) is 0 Å². The summed E-state index contributed by atoms with van der Waals surface area (Å²) in [5.41, 5.74) is 1.85. The van der Waals surface area contributed by atoms with Gasteiger partial charge in [-0.15, -0.1) is 0 Å². The molecule has 0 aromatic heterocycles. The van der Waals surface area contributed by atoms with E-state index in [1.165, 1.54) is 7.11 Å². The first-order chi connectivity index (χ1) is 8.79. The zero-order chi connectivity index (χ0) is 12.8. The number of likely N-dealkylation sites (tertiary alicyclic amines) is 1. The van der Waals surface area contributed by atoms with E-state index in [2.05, 4.69) is 5.16 Å². The Hall–Kier alpha value is -2.04. The Morgan fingerprint density at radius 1 is 1.39 bits per heavy atom. The zero-order valence-corrected chi connectivity index (χ0v) is 10.3. The fourth-order valence-corrected chi connectivity index (χ4v) is 1.81. The van der Waals surface area contributed by atoms with Crippen LogP contribution in [0, 0.1) is 0 Å². The highest BCUT2D eigenvalue weighted by atomic mass is 16.6. The summed E-state index contributed by atoms with van der Waals surface area (Å²) in [7, 11) is 1.50. The summed E-state index contributed by atoms with van der Waals surface area (Å²) in [5.74, 6) is 0. The molecule has 2 rings (SSSR count). The minimum Gasteiger partial charge on any atom is -0.445 e. The third kappa shape index (κ3) is 3.23. The van der Waals surface area contributed by atoms with Gasteiger partial charge in [-0.1, -0.05) is 35.5 Å². The molecule has 1 saturated heterocycles. The van der Waals surface area contributed by atoms with Crippen molar-refractivity contribution in [3.8, 4) is 0 Å². The Morgan fingerprint density at radius 2 is 2.17 bits per heavy atom. The van der Waals surface area contributed by atoms with Crippen molar-refractivity contribution < 1.29 is 14.4 Å². The number of oxime groups is 1. The average molecular weight is 248 g/mol. The van der Waals surface area contributed by atoms with Gasteiger partial charge in [0, 0.05) is 13.0 Å². The van der Waals surface area contributed by atoms with E-state index in [9.17, 15) is 4.79 Å². The summed E-state index contributed by atoms with van der Waals surface area (Å²) in [6, 6.07) is 9.62. The molecule has 0 saturated carbocycles. The highest BCUT2D eigenvalue weighted by Gasteiger charge is 2.24. The van der Waals surface area contributed by atoms with Crippen molar-refractivity contribution in [3.05, 3.63) is 35.9 Å². The first kappa shape index (κ1) is 12.4. The number of carbonyl (C=O) groups excluding carboxylic acids is 1. The Morgan fingerprint density at radius 3 is 2.89 bits per heavy atom. The van der Waals surface area contributed by atoms with Crippen molar-refractivity contribution in [1.29, 1.82) is 0 Å². The smallest absolute Gasteiger partial charge is 0.410 e. The molecule has 0 unspecified atom stereocenters. The second kappa shape index (κ2) is 6.05. The quantitative estimate of drug-likeness (QED) is 0.769. The number of nitrogens with zero attached hydrogens (tertiary/aromatic N) is 2. The fraction of sp³-hybridized carbons (Fsp3) is 0.385. The van der Waals surface area contributed by atoms with Crippen molar-refractivity contribution in [2.75, 3.05) is 20.2 Å². The maximum atomic E-state index is 11.8.